The first-order valence-corrected chi connectivity index (χ1v) is 16.1. The minimum Gasteiger partial charge on any atom is -0.335 e. The molecule has 1 aromatic heterocycles. The van der Waals surface area contributed by atoms with Crippen LogP contribution >= 0.6 is 11.6 Å². The van der Waals surface area contributed by atoms with Gasteiger partial charge < -0.3 is 14.7 Å². The third kappa shape index (κ3) is 7.06. The average molecular weight is 580 g/mol. The van der Waals surface area contributed by atoms with Gasteiger partial charge in [-0.25, -0.2) is 4.79 Å². The fourth-order valence-electron chi connectivity index (χ4n) is 7.38. The van der Waals surface area contributed by atoms with Crippen molar-refractivity contribution in [2.24, 2.45) is 0 Å². The molecule has 1 aliphatic carbocycles. The van der Waals surface area contributed by atoms with Gasteiger partial charge in [-0.1, -0.05) is 49.1 Å². The zero-order valence-corrected chi connectivity index (χ0v) is 25.4. The first kappa shape index (κ1) is 29.8. The number of rotatable bonds is 10. The molecule has 3 aliphatic rings. The van der Waals surface area contributed by atoms with Gasteiger partial charge >= 0.3 is 6.03 Å². The quantitative estimate of drug-likeness (QED) is 0.372. The van der Waals surface area contributed by atoms with E-state index in [-0.39, 0.29) is 36.1 Å². The van der Waals surface area contributed by atoms with Crippen LogP contribution in [0.4, 0.5) is 4.79 Å². The first-order valence-electron chi connectivity index (χ1n) is 15.8. The number of amides is 3. The number of piperidine rings is 1. The van der Waals surface area contributed by atoms with Gasteiger partial charge in [0.2, 0.25) is 5.91 Å². The van der Waals surface area contributed by atoms with E-state index in [1.54, 1.807) is 6.20 Å². The Kier molecular flexibility index (Phi) is 10.2. The van der Waals surface area contributed by atoms with E-state index in [0.717, 1.165) is 62.9 Å². The van der Waals surface area contributed by atoms with Crippen molar-refractivity contribution in [3.63, 3.8) is 0 Å². The molecule has 2 saturated heterocycles. The van der Waals surface area contributed by atoms with Crippen molar-refractivity contribution in [2.45, 2.75) is 115 Å². The smallest absolute Gasteiger partial charge is 0.320 e. The predicted molar refractivity (Wildman–Crippen MR) is 164 cm³/mol. The topological polar surface area (TPSA) is 68.8 Å². The lowest BCUT2D eigenvalue weighted by Gasteiger charge is -2.48. The second-order valence-electron chi connectivity index (χ2n) is 12.0. The molecule has 3 fully saturated rings. The highest BCUT2D eigenvalue weighted by atomic mass is 35.5. The van der Waals surface area contributed by atoms with Gasteiger partial charge in [0.25, 0.3) is 0 Å². The summed E-state index contributed by atoms with van der Waals surface area (Å²) in [6.45, 7) is 6.15. The zero-order chi connectivity index (χ0) is 28.8. The Morgan fingerprint density at radius 1 is 0.951 bits per heavy atom. The molecule has 1 saturated carbocycles. The van der Waals surface area contributed by atoms with Crippen LogP contribution in [0.15, 0.2) is 48.7 Å². The molecule has 3 amide bonds. The van der Waals surface area contributed by atoms with Crippen molar-refractivity contribution in [1.29, 1.82) is 0 Å². The molecule has 7 nitrogen and oxygen atoms in total. The monoisotopic (exact) mass is 579 g/mol. The van der Waals surface area contributed by atoms with Crippen molar-refractivity contribution in [1.82, 2.24) is 25.0 Å². The molecule has 0 spiro atoms. The number of carbonyl (C=O) groups is 2. The molecule has 5 rings (SSSR count). The molecule has 2 aliphatic heterocycles. The van der Waals surface area contributed by atoms with Gasteiger partial charge in [-0.2, -0.15) is 0 Å². The number of carbonyl (C=O) groups excluding carboxylic acids is 2. The van der Waals surface area contributed by atoms with E-state index in [0.29, 0.717) is 24.0 Å². The molecule has 2 bridgehead atoms. The number of fused-ring (bicyclic) bond motifs is 2. The molecule has 3 atom stereocenters. The Morgan fingerprint density at radius 2 is 1.63 bits per heavy atom. The summed E-state index contributed by atoms with van der Waals surface area (Å²) in [5, 5.41) is 4.24. The Hall–Kier alpha value is -2.64. The number of nitrogens with one attached hydrogen (secondary N) is 1. The minimum atomic E-state index is -0.357. The van der Waals surface area contributed by atoms with Gasteiger partial charge in [0.1, 0.15) is 0 Å². The number of urea groups is 1. The van der Waals surface area contributed by atoms with Gasteiger partial charge in [-0.05, 0) is 88.6 Å². The summed E-state index contributed by atoms with van der Waals surface area (Å²) in [4.78, 5) is 39.0. The Balaban J connectivity index is 1.34. The molecule has 1 N–H and O–H groups in total. The lowest BCUT2D eigenvalue weighted by Crippen LogP contribution is -2.60. The third-order valence-electron chi connectivity index (χ3n) is 9.49. The number of halogens is 1. The van der Waals surface area contributed by atoms with E-state index in [4.69, 9.17) is 11.6 Å². The van der Waals surface area contributed by atoms with Gasteiger partial charge in [0.05, 0.1) is 11.7 Å². The molecule has 3 heterocycles. The van der Waals surface area contributed by atoms with Crippen LogP contribution in [0.3, 0.4) is 0 Å². The highest BCUT2D eigenvalue weighted by Crippen LogP contribution is 2.40. The summed E-state index contributed by atoms with van der Waals surface area (Å²) in [7, 11) is 0. The van der Waals surface area contributed by atoms with Crippen molar-refractivity contribution in [2.75, 3.05) is 13.1 Å². The van der Waals surface area contributed by atoms with Gasteiger partial charge in [-0.3, -0.25) is 15.1 Å². The van der Waals surface area contributed by atoms with Crippen LogP contribution in [-0.2, 0) is 17.8 Å². The summed E-state index contributed by atoms with van der Waals surface area (Å²) >= 11 is 6.15. The number of hydrogen-bond acceptors (Lipinski definition) is 4. The summed E-state index contributed by atoms with van der Waals surface area (Å²) in [5.74, 6) is 0.168. The maximum absolute atomic E-state index is 14.3. The van der Waals surface area contributed by atoms with E-state index >= 15 is 0 Å². The molecule has 1 aromatic carbocycles. The maximum atomic E-state index is 14.3. The van der Waals surface area contributed by atoms with E-state index in [9.17, 15) is 9.59 Å². The number of benzene rings is 1. The predicted octanol–water partition coefficient (Wildman–Crippen LogP) is 6.05. The van der Waals surface area contributed by atoms with Crippen molar-refractivity contribution >= 4 is 23.5 Å². The van der Waals surface area contributed by atoms with Gasteiger partial charge in [-0.15, -0.1) is 0 Å². The molecule has 2 aromatic rings. The number of pyridine rings is 1. The van der Waals surface area contributed by atoms with Crippen LogP contribution in [0.1, 0.15) is 82.9 Å². The first-order chi connectivity index (χ1) is 20.0. The summed E-state index contributed by atoms with van der Waals surface area (Å²) in [5.41, 5.74) is 2.00. The minimum absolute atomic E-state index is 0.168. The molecule has 8 heteroatoms. The summed E-state index contributed by atoms with van der Waals surface area (Å²) < 4.78 is 0. The summed E-state index contributed by atoms with van der Waals surface area (Å²) in [6.07, 6.45) is 12.0. The van der Waals surface area contributed by atoms with Crippen molar-refractivity contribution in [3.8, 4) is 0 Å². The van der Waals surface area contributed by atoms with Crippen molar-refractivity contribution < 1.29 is 9.59 Å². The van der Waals surface area contributed by atoms with Crippen LogP contribution in [0.2, 0.25) is 5.02 Å². The second kappa shape index (κ2) is 14.0. The number of aromatic nitrogens is 1. The standard InChI is InChI=1S/C33H46ClN5O2/c1-3-37(4-2)33(41)39(27-11-6-5-7-12-27)30-21-28-17-18-29(22-30)38(28)32(40)31(20-24-13-15-25(34)16-14-24)36-23-26-10-8-9-19-35-26/h8-10,13-16,19,27-31,36H,3-7,11-12,17-18,20-23H2,1-2H3/t28?,29?,30?,31-/m1/s1. The van der Waals surface area contributed by atoms with E-state index in [2.05, 4.69) is 33.9 Å². The van der Waals surface area contributed by atoms with Crippen LogP contribution in [0.5, 0.6) is 0 Å². The van der Waals surface area contributed by atoms with E-state index < -0.39 is 0 Å². The molecule has 41 heavy (non-hydrogen) atoms. The highest BCUT2D eigenvalue weighted by molar-refractivity contribution is 6.30. The molecule has 222 valence electrons. The van der Waals surface area contributed by atoms with Gasteiger partial charge in [0.15, 0.2) is 0 Å². The summed E-state index contributed by atoms with van der Waals surface area (Å²) in [6, 6.07) is 14.4. The normalized spacial score (nSPS) is 23.3. The molecule has 0 radical (unpaired) electrons. The van der Waals surface area contributed by atoms with Crippen LogP contribution in [-0.4, -0.2) is 74.9 Å². The van der Waals surface area contributed by atoms with Gasteiger partial charge in [0, 0.05) is 55.0 Å². The molecular weight excluding hydrogens is 534 g/mol. The van der Waals surface area contributed by atoms with Crippen LogP contribution in [0, 0.1) is 0 Å². The fraction of sp³-hybridized carbons (Fsp3) is 0.606. The number of nitrogens with zero attached hydrogens (tertiary/aromatic N) is 4. The lowest BCUT2D eigenvalue weighted by atomic mass is 9.89. The fourth-order valence-corrected chi connectivity index (χ4v) is 7.50. The SMILES string of the molecule is CCN(CC)C(=O)N(C1CCCCC1)C1CC2CCC(C1)N2C(=O)[C@@H](Cc1ccc(Cl)cc1)NCc1ccccn1. The third-order valence-corrected chi connectivity index (χ3v) is 9.74. The molecule has 2 unspecified atom stereocenters. The Morgan fingerprint density at radius 3 is 2.24 bits per heavy atom. The number of hydrogen-bond donors (Lipinski definition) is 1. The van der Waals surface area contributed by atoms with Crippen LogP contribution in [0.25, 0.3) is 0 Å². The molecular formula is C33H46ClN5O2. The van der Waals surface area contributed by atoms with E-state index in [1.807, 2.05) is 47.4 Å². The highest BCUT2D eigenvalue weighted by Gasteiger charge is 2.48. The van der Waals surface area contributed by atoms with Crippen LogP contribution < -0.4 is 5.32 Å². The average Bonchev–Trinajstić information content (AvgIpc) is 3.27. The zero-order valence-electron chi connectivity index (χ0n) is 24.7. The van der Waals surface area contributed by atoms with Crippen molar-refractivity contribution in [3.05, 3.63) is 64.9 Å². The van der Waals surface area contributed by atoms with E-state index in [1.165, 1.54) is 19.3 Å². The second-order valence-corrected chi connectivity index (χ2v) is 12.4. The lowest BCUT2D eigenvalue weighted by molar-refractivity contribution is -0.139. The maximum Gasteiger partial charge on any atom is 0.320 e. The Bertz CT molecular complexity index is 1120. The Labute approximate surface area is 250 Å². The largest absolute Gasteiger partial charge is 0.335 e.